The van der Waals surface area contributed by atoms with Crippen molar-refractivity contribution in [2.75, 3.05) is 0 Å². The van der Waals surface area contributed by atoms with Crippen LogP contribution in [0.15, 0.2) is 30.6 Å². The molecule has 0 atom stereocenters. The maximum atomic E-state index is 10.7. The van der Waals surface area contributed by atoms with Gasteiger partial charge in [0.2, 0.25) is 0 Å². The molecular weight excluding hydrogens is 250 g/mol. The van der Waals surface area contributed by atoms with E-state index in [0.717, 1.165) is 30.4 Å². The highest BCUT2D eigenvalue weighted by Gasteiger charge is 2.30. The van der Waals surface area contributed by atoms with Crippen LogP contribution in [0.5, 0.6) is 0 Å². The Balaban J connectivity index is 1.55. The van der Waals surface area contributed by atoms with Crippen LogP contribution in [0, 0.1) is 5.92 Å². The van der Waals surface area contributed by atoms with Crippen molar-refractivity contribution < 1.29 is 4.79 Å². The molecule has 0 unspecified atom stereocenters. The minimum atomic E-state index is 0.226. The molecule has 4 rings (SSSR count). The molecule has 2 saturated carbocycles. The molecule has 0 aliphatic heterocycles. The molecule has 0 aromatic carbocycles. The first kappa shape index (κ1) is 11.8. The molecule has 2 heterocycles. The van der Waals surface area contributed by atoms with E-state index in [-0.39, 0.29) is 5.92 Å². The van der Waals surface area contributed by atoms with Crippen LogP contribution in [-0.4, -0.2) is 21.1 Å². The van der Waals surface area contributed by atoms with Crippen LogP contribution < -0.4 is 0 Å². The average molecular weight is 267 g/mol. The molecule has 0 bridgehead atoms. The third kappa shape index (κ3) is 2.05. The van der Waals surface area contributed by atoms with Crippen molar-refractivity contribution in [3.8, 4) is 11.3 Å². The van der Waals surface area contributed by atoms with Crippen LogP contribution in [0.2, 0.25) is 0 Å². The van der Waals surface area contributed by atoms with Crippen molar-refractivity contribution >= 4 is 6.29 Å². The highest BCUT2D eigenvalue weighted by atomic mass is 16.1. The number of rotatable bonds is 4. The molecule has 0 N–H and O–H groups in total. The van der Waals surface area contributed by atoms with E-state index in [9.17, 15) is 4.79 Å². The fourth-order valence-electron chi connectivity index (χ4n) is 2.85. The Morgan fingerprint density at radius 2 is 2.10 bits per heavy atom. The van der Waals surface area contributed by atoms with Gasteiger partial charge in [0.25, 0.3) is 0 Å². The van der Waals surface area contributed by atoms with Gasteiger partial charge in [-0.05, 0) is 37.8 Å². The average Bonchev–Trinajstić information content (AvgIpc) is 3.17. The van der Waals surface area contributed by atoms with Gasteiger partial charge in [-0.1, -0.05) is 6.07 Å². The lowest BCUT2D eigenvalue weighted by Crippen LogP contribution is -2.27. The quantitative estimate of drug-likeness (QED) is 0.800. The molecule has 2 aromatic heterocycles. The van der Waals surface area contributed by atoms with E-state index in [4.69, 9.17) is 4.98 Å². The van der Waals surface area contributed by atoms with E-state index in [1.165, 1.54) is 18.5 Å². The van der Waals surface area contributed by atoms with Gasteiger partial charge in [0.05, 0.1) is 17.9 Å². The lowest BCUT2D eigenvalue weighted by atomic mass is 9.81. The van der Waals surface area contributed by atoms with Crippen LogP contribution in [0.25, 0.3) is 11.3 Å². The Labute approximate surface area is 117 Å². The van der Waals surface area contributed by atoms with Gasteiger partial charge in [0.15, 0.2) is 0 Å². The summed E-state index contributed by atoms with van der Waals surface area (Å²) in [7, 11) is 0. The van der Waals surface area contributed by atoms with Crippen LogP contribution in [0.3, 0.4) is 0 Å². The molecule has 4 nitrogen and oxygen atoms in total. The molecule has 102 valence electrons. The van der Waals surface area contributed by atoms with Crippen LogP contribution >= 0.6 is 0 Å². The van der Waals surface area contributed by atoms with Crippen molar-refractivity contribution in [2.45, 2.75) is 37.6 Å². The van der Waals surface area contributed by atoms with Gasteiger partial charge in [0.1, 0.15) is 6.29 Å². The van der Waals surface area contributed by atoms with Gasteiger partial charge in [-0.3, -0.25) is 9.67 Å². The van der Waals surface area contributed by atoms with Gasteiger partial charge in [-0.15, -0.1) is 0 Å². The van der Waals surface area contributed by atoms with E-state index in [0.29, 0.717) is 12.0 Å². The van der Waals surface area contributed by atoms with Crippen molar-refractivity contribution in [1.82, 2.24) is 14.8 Å². The smallest absolute Gasteiger partial charge is 0.123 e. The third-order valence-corrected chi connectivity index (χ3v) is 4.38. The molecule has 20 heavy (non-hydrogen) atoms. The summed E-state index contributed by atoms with van der Waals surface area (Å²) in [5, 5.41) is 4.43. The van der Waals surface area contributed by atoms with E-state index in [1.54, 1.807) is 0 Å². The minimum absolute atomic E-state index is 0.226. The van der Waals surface area contributed by atoms with Gasteiger partial charge in [0, 0.05) is 29.3 Å². The number of aromatic nitrogens is 3. The third-order valence-electron chi connectivity index (χ3n) is 4.38. The normalized spacial score (nSPS) is 25.2. The summed E-state index contributed by atoms with van der Waals surface area (Å²) < 4.78 is 1.99. The molecule has 0 radical (unpaired) electrons. The lowest BCUT2D eigenvalue weighted by molar-refractivity contribution is -0.114. The summed E-state index contributed by atoms with van der Waals surface area (Å²) in [6.07, 6.45) is 9.37. The molecular formula is C16H17N3O. The molecule has 0 amide bonds. The predicted octanol–water partition coefficient (Wildman–Crippen LogP) is 2.97. The molecule has 4 heteroatoms. The largest absolute Gasteiger partial charge is 0.303 e. The fourth-order valence-corrected chi connectivity index (χ4v) is 2.85. The number of hydrogen-bond acceptors (Lipinski definition) is 3. The topological polar surface area (TPSA) is 47.8 Å². The van der Waals surface area contributed by atoms with E-state index in [2.05, 4.69) is 23.4 Å². The summed E-state index contributed by atoms with van der Waals surface area (Å²) in [5.74, 6) is 0.897. The van der Waals surface area contributed by atoms with Gasteiger partial charge < -0.3 is 4.79 Å². The summed E-state index contributed by atoms with van der Waals surface area (Å²) in [6.45, 7) is 0. The van der Waals surface area contributed by atoms with E-state index < -0.39 is 0 Å². The summed E-state index contributed by atoms with van der Waals surface area (Å²) in [6, 6.07) is 6.62. The number of aldehydes is 1. The van der Waals surface area contributed by atoms with Crippen LogP contribution in [0.1, 0.15) is 43.3 Å². The highest BCUT2D eigenvalue weighted by molar-refractivity contribution is 5.58. The van der Waals surface area contributed by atoms with Gasteiger partial charge >= 0.3 is 0 Å². The molecule has 2 aromatic rings. The zero-order chi connectivity index (χ0) is 13.5. The van der Waals surface area contributed by atoms with Crippen LogP contribution in [0.4, 0.5) is 0 Å². The first-order chi connectivity index (χ1) is 9.83. The minimum Gasteiger partial charge on any atom is -0.303 e. The van der Waals surface area contributed by atoms with Crippen LogP contribution in [-0.2, 0) is 4.79 Å². The summed E-state index contributed by atoms with van der Waals surface area (Å²) in [5.41, 5.74) is 3.29. The monoisotopic (exact) mass is 267 g/mol. The Kier molecular flexibility index (Phi) is 2.69. The Morgan fingerprint density at radius 1 is 1.25 bits per heavy atom. The molecule has 2 aliphatic carbocycles. The molecule has 2 aliphatic rings. The van der Waals surface area contributed by atoms with Crippen molar-refractivity contribution in [3.63, 3.8) is 0 Å². The second kappa shape index (κ2) is 4.54. The molecule has 2 fully saturated rings. The predicted molar refractivity (Wildman–Crippen MR) is 75.3 cm³/mol. The highest BCUT2D eigenvalue weighted by Crippen LogP contribution is 2.40. The maximum absolute atomic E-state index is 10.7. The zero-order valence-corrected chi connectivity index (χ0v) is 11.3. The molecule has 0 spiro atoms. The number of carbonyl (C=O) groups excluding carboxylic acids is 1. The Morgan fingerprint density at radius 3 is 2.85 bits per heavy atom. The zero-order valence-electron chi connectivity index (χ0n) is 11.3. The second-order valence-corrected chi connectivity index (χ2v) is 5.95. The SMILES string of the molecule is O=CC1CC(n2cc(-c3cccc(C4CC4)n3)cn2)C1. The number of carbonyl (C=O) groups is 1. The van der Waals surface area contributed by atoms with Crippen molar-refractivity contribution in [1.29, 1.82) is 0 Å². The second-order valence-electron chi connectivity index (χ2n) is 5.95. The lowest BCUT2D eigenvalue weighted by Gasteiger charge is -2.31. The molecule has 0 saturated heterocycles. The first-order valence-corrected chi connectivity index (χ1v) is 7.30. The van der Waals surface area contributed by atoms with Gasteiger partial charge in [-0.25, -0.2) is 0 Å². The Hall–Kier alpha value is -1.97. The summed E-state index contributed by atoms with van der Waals surface area (Å²) in [4.78, 5) is 15.4. The first-order valence-electron chi connectivity index (χ1n) is 7.30. The maximum Gasteiger partial charge on any atom is 0.123 e. The number of nitrogens with zero attached hydrogens (tertiary/aromatic N) is 3. The van der Waals surface area contributed by atoms with Gasteiger partial charge in [-0.2, -0.15) is 5.10 Å². The van der Waals surface area contributed by atoms with E-state index >= 15 is 0 Å². The number of hydrogen-bond donors (Lipinski definition) is 0. The Bertz CT molecular complexity index is 639. The number of pyridine rings is 1. The fraction of sp³-hybridized carbons (Fsp3) is 0.438. The van der Waals surface area contributed by atoms with Crippen molar-refractivity contribution in [2.24, 2.45) is 5.92 Å². The standard InChI is InChI=1S/C16H17N3O/c20-10-11-6-14(7-11)19-9-13(8-17-19)16-3-1-2-15(18-16)12-4-5-12/h1-3,8-12,14H,4-7H2. The van der Waals surface area contributed by atoms with E-state index in [1.807, 2.05) is 16.9 Å². The summed E-state index contributed by atoms with van der Waals surface area (Å²) >= 11 is 0. The van der Waals surface area contributed by atoms with Crippen molar-refractivity contribution in [3.05, 3.63) is 36.3 Å².